The highest BCUT2D eigenvalue weighted by molar-refractivity contribution is 5.98. The van der Waals surface area contributed by atoms with E-state index in [1.807, 2.05) is 19.9 Å². The summed E-state index contributed by atoms with van der Waals surface area (Å²) in [7, 11) is 0. The third-order valence-corrected chi connectivity index (χ3v) is 4.67. The van der Waals surface area contributed by atoms with Crippen LogP contribution in [0.3, 0.4) is 0 Å². The van der Waals surface area contributed by atoms with Crippen molar-refractivity contribution in [1.82, 2.24) is 10.3 Å². The molecule has 0 fully saturated rings. The first-order valence-corrected chi connectivity index (χ1v) is 9.77. The maximum absolute atomic E-state index is 13.8. The van der Waals surface area contributed by atoms with Gasteiger partial charge < -0.3 is 15.2 Å². The van der Waals surface area contributed by atoms with Gasteiger partial charge in [0.1, 0.15) is 11.6 Å². The van der Waals surface area contributed by atoms with Gasteiger partial charge >= 0.3 is 0 Å². The third-order valence-electron chi connectivity index (χ3n) is 4.67. The molecule has 0 spiro atoms. The molecule has 2 aromatic carbocycles. The first-order chi connectivity index (χ1) is 14.4. The lowest BCUT2D eigenvalue weighted by atomic mass is 9.99. The number of rotatable bonds is 7. The fraction of sp³-hybridized carbons (Fsp3) is 0.250. The van der Waals surface area contributed by atoms with Crippen molar-refractivity contribution in [2.24, 2.45) is 0 Å². The molecule has 0 aliphatic rings. The quantitative estimate of drug-likeness (QED) is 0.608. The van der Waals surface area contributed by atoms with Gasteiger partial charge in [-0.25, -0.2) is 4.39 Å². The van der Waals surface area contributed by atoms with Gasteiger partial charge in [-0.3, -0.25) is 9.78 Å². The zero-order valence-corrected chi connectivity index (χ0v) is 17.3. The van der Waals surface area contributed by atoms with E-state index in [1.165, 1.54) is 6.07 Å². The van der Waals surface area contributed by atoms with Crippen LogP contribution in [0.5, 0.6) is 5.75 Å². The number of carbonyl (C=O) groups excluding carboxylic acids is 1. The molecule has 30 heavy (non-hydrogen) atoms. The summed E-state index contributed by atoms with van der Waals surface area (Å²) in [5, 5.41) is 12.5. The van der Waals surface area contributed by atoms with E-state index in [1.54, 1.807) is 49.6 Å². The topological polar surface area (TPSA) is 71.5 Å². The minimum atomic E-state index is -0.331. The summed E-state index contributed by atoms with van der Waals surface area (Å²) in [4.78, 5) is 17.1. The molecule has 0 aliphatic heterocycles. The Bertz CT molecular complexity index is 1050. The molecule has 1 heterocycles. The number of aryl methyl sites for hydroxylation is 1. The number of aliphatic hydroxyl groups is 1. The molecular weight excluding hydrogens is 383 g/mol. The number of hydrogen-bond donors (Lipinski definition) is 2. The monoisotopic (exact) mass is 408 g/mol. The minimum absolute atomic E-state index is 0.111. The van der Waals surface area contributed by atoms with Crippen LogP contribution in [0.2, 0.25) is 0 Å². The summed E-state index contributed by atoms with van der Waals surface area (Å²) < 4.78 is 19.6. The van der Waals surface area contributed by atoms with Crippen LogP contribution in [0, 0.1) is 12.7 Å². The van der Waals surface area contributed by atoms with Gasteiger partial charge in [0.15, 0.2) is 0 Å². The number of benzene rings is 2. The second-order valence-corrected chi connectivity index (χ2v) is 7.33. The summed E-state index contributed by atoms with van der Waals surface area (Å²) in [6.45, 7) is 5.52. The Morgan fingerprint density at radius 2 is 2.00 bits per heavy atom. The van der Waals surface area contributed by atoms with E-state index in [0.717, 1.165) is 11.1 Å². The van der Waals surface area contributed by atoms with E-state index in [9.17, 15) is 14.3 Å². The molecule has 1 amide bonds. The van der Waals surface area contributed by atoms with Gasteiger partial charge in [-0.2, -0.15) is 0 Å². The summed E-state index contributed by atoms with van der Waals surface area (Å²) in [5.74, 6) is -0.181. The van der Waals surface area contributed by atoms with Gasteiger partial charge in [0.2, 0.25) is 0 Å². The van der Waals surface area contributed by atoms with Crippen LogP contribution >= 0.6 is 0 Å². The fourth-order valence-electron chi connectivity index (χ4n) is 3.08. The highest BCUT2D eigenvalue weighted by Crippen LogP contribution is 2.29. The van der Waals surface area contributed by atoms with Crippen LogP contribution in [-0.4, -0.2) is 22.1 Å². The molecule has 0 bridgehead atoms. The number of halogens is 1. The van der Waals surface area contributed by atoms with Crippen molar-refractivity contribution in [3.05, 3.63) is 82.9 Å². The second kappa shape index (κ2) is 9.50. The van der Waals surface area contributed by atoms with Crippen LogP contribution < -0.4 is 10.1 Å². The molecule has 1 aromatic heterocycles. The Morgan fingerprint density at radius 3 is 2.70 bits per heavy atom. The number of nitrogens with zero attached hydrogens (tertiary/aromatic N) is 1. The zero-order chi connectivity index (χ0) is 21.7. The van der Waals surface area contributed by atoms with Gasteiger partial charge in [0, 0.05) is 24.5 Å². The molecule has 0 saturated carbocycles. The van der Waals surface area contributed by atoms with Crippen LogP contribution in [0.4, 0.5) is 4.39 Å². The molecule has 6 heteroatoms. The molecule has 0 unspecified atom stereocenters. The Kier molecular flexibility index (Phi) is 6.79. The van der Waals surface area contributed by atoms with Crippen LogP contribution in [0.15, 0.2) is 54.9 Å². The summed E-state index contributed by atoms with van der Waals surface area (Å²) in [5.41, 5.74) is 3.79. The van der Waals surface area contributed by atoms with E-state index in [4.69, 9.17) is 4.74 Å². The predicted molar refractivity (Wildman–Crippen MR) is 114 cm³/mol. The largest absolute Gasteiger partial charge is 0.490 e. The van der Waals surface area contributed by atoms with E-state index >= 15 is 0 Å². The summed E-state index contributed by atoms with van der Waals surface area (Å²) in [6, 6.07) is 11.9. The van der Waals surface area contributed by atoms with E-state index in [0.29, 0.717) is 28.0 Å². The lowest BCUT2D eigenvalue weighted by Crippen LogP contribution is -2.24. The van der Waals surface area contributed by atoms with Crippen molar-refractivity contribution in [1.29, 1.82) is 0 Å². The number of aromatic nitrogens is 1. The molecule has 3 aromatic rings. The summed E-state index contributed by atoms with van der Waals surface area (Å²) >= 11 is 0. The average molecular weight is 408 g/mol. The van der Waals surface area contributed by atoms with Gasteiger partial charge in [-0.15, -0.1) is 0 Å². The highest BCUT2D eigenvalue weighted by atomic mass is 19.1. The van der Waals surface area contributed by atoms with Gasteiger partial charge in [-0.05, 0) is 67.3 Å². The van der Waals surface area contributed by atoms with Crippen molar-refractivity contribution in [3.8, 4) is 16.9 Å². The molecule has 0 aliphatic carbocycles. The van der Waals surface area contributed by atoms with Crippen LogP contribution in [0.1, 0.15) is 40.9 Å². The molecule has 5 nitrogen and oxygen atoms in total. The van der Waals surface area contributed by atoms with Gasteiger partial charge in [0.25, 0.3) is 5.91 Å². The molecule has 2 N–H and O–H groups in total. The maximum Gasteiger partial charge on any atom is 0.255 e. The van der Waals surface area contributed by atoms with Crippen molar-refractivity contribution < 1.29 is 19.0 Å². The number of pyridine rings is 1. The van der Waals surface area contributed by atoms with E-state index in [2.05, 4.69) is 10.3 Å². The van der Waals surface area contributed by atoms with E-state index in [-0.39, 0.29) is 31.0 Å². The van der Waals surface area contributed by atoms with Crippen molar-refractivity contribution in [2.45, 2.75) is 40.0 Å². The highest BCUT2D eigenvalue weighted by Gasteiger charge is 2.17. The average Bonchev–Trinajstić information content (AvgIpc) is 2.74. The van der Waals surface area contributed by atoms with Crippen LogP contribution in [-0.2, 0) is 13.2 Å². The molecule has 3 rings (SSSR count). The minimum Gasteiger partial charge on any atom is -0.490 e. The number of ether oxygens (including phenoxy) is 1. The number of amides is 1. The van der Waals surface area contributed by atoms with Crippen molar-refractivity contribution in [2.75, 3.05) is 0 Å². The lowest BCUT2D eigenvalue weighted by molar-refractivity contribution is 0.0945. The standard InChI is InChI=1S/C24H25FN2O3/c1-15(2)30-23-7-6-18(21-13-26-9-8-19(21)14-28)11-20(23)24(29)27-12-17-5-4-16(3)22(25)10-17/h4-11,13,15,28H,12,14H2,1-3H3,(H,27,29). The zero-order valence-electron chi connectivity index (χ0n) is 17.3. The number of carbonyl (C=O) groups is 1. The SMILES string of the molecule is Cc1ccc(CNC(=O)c2cc(-c3cnccc3CO)ccc2OC(C)C)cc1F. The Labute approximate surface area is 175 Å². The molecular formula is C24H25FN2O3. The second-order valence-electron chi connectivity index (χ2n) is 7.33. The number of aliphatic hydroxyl groups excluding tert-OH is 1. The number of nitrogens with one attached hydrogen (secondary N) is 1. The fourth-order valence-corrected chi connectivity index (χ4v) is 3.08. The predicted octanol–water partition coefficient (Wildman–Crippen LogP) is 4.41. The summed E-state index contributed by atoms with van der Waals surface area (Å²) in [6.07, 6.45) is 3.15. The first-order valence-electron chi connectivity index (χ1n) is 9.77. The Morgan fingerprint density at radius 1 is 1.20 bits per heavy atom. The maximum atomic E-state index is 13.8. The Hall–Kier alpha value is -3.25. The van der Waals surface area contributed by atoms with Crippen molar-refractivity contribution >= 4 is 5.91 Å². The van der Waals surface area contributed by atoms with Crippen molar-refractivity contribution in [3.63, 3.8) is 0 Å². The molecule has 156 valence electrons. The van der Waals surface area contributed by atoms with Crippen LogP contribution in [0.25, 0.3) is 11.1 Å². The molecule has 0 radical (unpaired) electrons. The Balaban J connectivity index is 1.91. The first kappa shape index (κ1) is 21.5. The van der Waals surface area contributed by atoms with Gasteiger partial charge in [0.05, 0.1) is 18.3 Å². The van der Waals surface area contributed by atoms with E-state index < -0.39 is 0 Å². The smallest absolute Gasteiger partial charge is 0.255 e. The lowest BCUT2D eigenvalue weighted by Gasteiger charge is -2.16. The third kappa shape index (κ3) is 5.02. The number of hydrogen-bond acceptors (Lipinski definition) is 4. The van der Waals surface area contributed by atoms with Gasteiger partial charge in [-0.1, -0.05) is 18.2 Å². The molecule has 0 atom stereocenters. The molecule has 0 saturated heterocycles. The normalized spacial score (nSPS) is 10.9.